The predicted molar refractivity (Wildman–Crippen MR) is 123 cm³/mol. The van der Waals surface area contributed by atoms with Crippen molar-refractivity contribution in [1.82, 2.24) is 0 Å². The summed E-state index contributed by atoms with van der Waals surface area (Å²) in [6, 6.07) is 4.59. The number of unbranched alkanes of at least 4 members (excludes halogenated alkanes) is 4. The fourth-order valence-corrected chi connectivity index (χ4v) is 8.08. The second kappa shape index (κ2) is 8.15. The lowest BCUT2D eigenvalue weighted by molar-refractivity contribution is 0.828. The third-order valence-corrected chi connectivity index (χ3v) is 9.10. The first-order chi connectivity index (χ1) is 12.8. The van der Waals surface area contributed by atoms with E-state index >= 15 is 0 Å². The highest BCUT2D eigenvalue weighted by Crippen LogP contribution is 2.49. The van der Waals surface area contributed by atoms with E-state index in [4.69, 9.17) is 0 Å². The molecular weight excluding hydrogens is 393 g/mol. The first-order valence-corrected chi connectivity index (χ1v) is 12.4. The molecule has 0 radical (unpaired) electrons. The number of hydrogen-bond acceptors (Lipinski definition) is 4. The third-order valence-electron chi connectivity index (χ3n) is 4.21. The zero-order valence-corrected chi connectivity index (χ0v) is 18.3. The number of rotatable bonds is 4. The zero-order valence-electron chi connectivity index (χ0n) is 15.0. The van der Waals surface area contributed by atoms with Crippen molar-refractivity contribution in [3.8, 4) is 23.7 Å². The van der Waals surface area contributed by atoms with Gasteiger partial charge in [0, 0.05) is 23.6 Å². The van der Waals surface area contributed by atoms with E-state index in [2.05, 4.69) is 49.7 Å². The van der Waals surface area contributed by atoms with Gasteiger partial charge in [0.15, 0.2) is 0 Å². The van der Waals surface area contributed by atoms with Crippen molar-refractivity contribution in [2.45, 2.75) is 52.4 Å². The Morgan fingerprint density at radius 3 is 1.58 bits per heavy atom. The molecule has 4 aromatic rings. The lowest BCUT2D eigenvalue weighted by Crippen LogP contribution is -1.67. The van der Waals surface area contributed by atoms with Crippen molar-refractivity contribution < 1.29 is 0 Å². The Kier molecular flexibility index (Phi) is 5.67. The van der Waals surface area contributed by atoms with Crippen molar-refractivity contribution in [2.24, 2.45) is 0 Å². The molecule has 0 spiro atoms. The molecule has 0 unspecified atom stereocenters. The molecule has 0 atom stereocenters. The summed E-state index contributed by atoms with van der Waals surface area (Å²) in [5.74, 6) is 13.3. The van der Waals surface area contributed by atoms with Crippen LogP contribution < -0.4 is 0 Å². The monoisotopic (exact) mass is 412 g/mol. The summed E-state index contributed by atoms with van der Waals surface area (Å²) in [5.41, 5.74) is 0. The summed E-state index contributed by atoms with van der Waals surface area (Å²) >= 11 is 7.55. The van der Waals surface area contributed by atoms with Gasteiger partial charge in [-0.05, 0) is 25.0 Å². The van der Waals surface area contributed by atoms with Crippen molar-refractivity contribution in [3.05, 3.63) is 21.9 Å². The highest BCUT2D eigenvalue weighted by molar-refractivity contribution is 7.49. The van der Waals surface area contributed by atoms with Gasteiger partial charge < -0.3 is 0 Å². The summed E-state index contributed by atoms with van der Waals surface area (Å²) in [5, 5.41) is 2.80. The molecule has 0 amide bonds. The van der Waals surface area contributed by atoms with E-state index in [0.717, 1.165) is 12.8 Å². The molecule has 0 saturated heterocycles. The fraction of sp³-hybridized carbons (Fsp3) is 0.364. The van der Waals surface area contributed by atoms with E-state index in [1.165, 1.54) is 63.6 Å². The van der Waals surface area contributed by atoms with Crippen molar-refractivity contribution >= 4 is 73.5 Å². The van der Waals surface area contributed by atoms with Crippen LogP contribution in [0, 0.1) is 23.7 Å². The van der Waals surface area contributed by atoms with E-state index in [1.807, 2.05) is 45.3 Å². The normalized spacial score (nSPS) is 11.0. The molecule has 4 heteroatoms. The molecule has 26 heavy (non-hydrogen) atoms. The van der Waals surface area contributed by atoms with Gasteiger partial charge in [-0.3, -0.25) is 0 Å². The molecule has 0 aliphatic carbocycles. The Balaban J connectivity index is 1.65. The minimum Gasteiger partial charge on any atom is -0.123 e. The Labute approximate surface area is 170 Å². The van der Waals surface area contributed by atoms with Gasteiger partial charge in [0.2, 0.25) is 0 Å². The second-order valence-electron chi connectivity index (χ2n) is 6.30. The summed E-state index contributed by atoms with van der Waals surface area (Å²) in [7, 11) is 0. The second-order valence-corrected chi connectivity index (χ2v) is 11.0. The number of thiophene rings is 4. The lowest BCUT2D eigenvalue weighted by Gasteiger charge is -1.84. The molecule has 0 saturated carbocycles. The molecule has 0 aromatic carbocycles. The highest BCUT2D eigenvalue weighted by atomic mass is 32.2. The Morgan fingerprint density at radius 2 is 1.15 bits per heavy atom. The molecule has 132 valence electrons. The summed E-state index contributed by atoms with van der Waals surface area (Å²) in [6.07, 6.45) is 6.84. The number of hydrogen-bond donors (Lipinski definition) is 0. The SMILES string of the molecule is CCCCC#Cc1cc2c(s1)sc1c3cc(C#CCCCC)sc3sc21. The number of fused-ring (bicyclic) bond motifs is 5. The lowest BCUT2D eigenvalue weighted by atomic mass is 10.2. The van der Waals surface area contributed by atoms with Gasteiger partial charge in [-0.1, -0.05) is 50.4 Å². The quantitative estimate of drug-likeness (QED) is 0.233. The van der Waals surface area contributed by atoms with Crippen LogP contribution in [0.1, 0.15) is 62.1 Å². The maximum absolute atomic E-state index is 3.35. The van der Waals surface area contributed by atoms with Crippen LogP contribution in [0.4, 0.5) is 0 Å². The molecule has 0 fully saturated rings. The van der Waals surface area contributed by atoms with Gasteiger partial charge in [0.05, 0.1) is 27.2 Å². The highest BCUT2D eigenvalue weighted by Gasteiger charge is 2.16. The van der Waals surface area contributed by atoms with Crippen LogP contribution in [0.5, 0.6) is 0 Å². The third kappa shape index (κ3) is 3.57. The molecule has 4 rings (SSSR count). The standard InChI is InChI=1S/C22H20S4/c1-3-5-7-9-11-15-13-17-19-20(25-21(17)23-15)18-14-16(24-22(18)26-19)12-10-8-6-4-2/h13-14H,3-8H2,1-2H3. The van der Waals surface area contributed by atoms with Crippen LogP contribution in [-0.4, -0.2) is 0 Å². The van der Waals surface area contributed by atoms with E-state index < -0.39 is 0 Å². The van der Waals surface area contributed by atoms with E-state index in [-0.39, 0.29) is 0 Å². The fourth-order valence-electron chi connectivity index (χ4n) is 2.80. The van der Waals surface area contributed by atoms with E-state index in [1.54, 1.807) is 0 Å². The molecular formula is C22H20S4. The van der Waals surface area contributed by atoms with Gasteiger partial charge in [0.25, 0.3) is 0 Å². The van der Waals surface area contributed by atoms with Crippen LogP contribution in [0.3, 0.4) is 0 Å². The average Bonchev–Trinajstić information content (AvgIpc) is 3.34. The van der Waals surface area contributed by atoms with E-state index in [9.17, 15) is 0 Å². The van der Waals surface area contributed by atoms with Crippen molar-refractivity contribution in [3.63, 3.8) is 0 Å². The zero-order chi connectivity index (χ0) is 17.9. The van der Waals surface area contributed by atoms with Crippen molar-refractivity contribution in [1.29, 1.82) is 0 Å². The van der Waals surface area contributed by atoms with Crippen LogP contribution in [0.2, 0.25) is 0 Å². The van der Waals surface area contributed by atoms with Gasteiger partial charge in [-0.25, -0.2) is 0 Å². The largest absolute Gasteiger partial charge is 0.123 e. The predicted octanol–water partition coefficient (Wildman–Crippen LogP) is 8.48. The summed E-state index contributed by atoms with van der Waals surface area (Å²) in [4.78, 5) is 2.42. The molecule has 4 aromatic heterocycles. The molecule has 0 N–H and O–H groups in total. The van der Waals surface area contributed by atoms with Crippen LogP contribution in [-0.2, 0) is 0 Å². The molecule has 0 aliphatic heterocycles. The molecule has 4 heterocycles. The van der Waals surface area contributed by atoms with Gasteiger partial charge >= 0.3 is 0 Å². The smallest absolute Gasteiger partial charge is 0.0899 e. The molecule has 0 nitrogen and oxygen atoms in total. The Bertz CT molecular complexity index is 1080. The summed E-state index contributed by atoms with van der Waals surface area (Å²) < 4.78 is 5.70. The first kappa shape index (κ1) is 18.1. The van der Waals surface area contributed by atoms with Gasteiger partial charge in [-0.15, -0.1) is 45.3 Å². The van der Waals surface area contributed by atoms with E-state index in [0.29, 0.717) is 0 Å². The van der Waals surface area contributed by atoms with Crippen LogP contribution >= 0.6 is 45.3 Å². The minimum atomic E-state index is 1.01. The molecule has 0 bridgehead atoms. The first-order valence-electron chi connectivity index (χ1n) is 9.16. The van der Waals surface area contributed by atoms with Crippen LogP contribution in [0.25, 0.3) is 28.2 Å². The van der Waals surface area contributed by atoms with Crippen LogP contribution in [0.15, 0.2) is 12.1 Å². The van der Waals surface area contributed by atoms with Gasteiger partial charge in [0.1, 0.15) is 0 Å². The molecule has 0 aliphatic rings. The Morgan fingerprint density at radius 1 is 0.692 bits per heavy atom. The van der Waals surface area contributed by atoms with Gasteiger partial charge in [-0.2, -0.15) is 0 Å². The minimum absolute atomic E-state index is 1.01. The van der Waals surface area contributed by atoms with Crippen molar-refractivity contribution in [2.75, 3.05) is 0 Å². The average molecular weight is 413 g/mol. The Hall–Kier alpha value is -1.30. The topological polar surface area (TPSA) is 0 Å². The maximum Gasteiger partial charge on any atom is 0.0899 e. The maximum atomic E-state index is 3.35. The summed E-state index contributed by atoms with van der Waals surface area (Å²) in [6.45, 7) is 4.42.